The molecule has 1 aromatic carbocycles. The summed E-state index contributed by atoms with van der Waals surface area (Å²) in [5.74, 6) is 0.115. The van der Waals surface area contributed by atoms with E-state index in [-0.39, 0.29) is 23.6 Å². The number of benzene rings is 1. The van der Waals surface area contributed by atoms with Crippen molar-refractivity contribution < 1.29 is 13.2 Å². The minimum atomic E-state index is -3.07. The van der Waals surface area contributed by atoms with Crippen molar-refractivity contribution in [3.8, 4) is 0 Å². The van der Waals surface area contributed by atoms with Gasteiger partial charge in [0.05, 0.1) is 11.8 Å². The van der Waals surface area contributed by atoms with E-state index >= 15 is 0 Å². The molecule has 0 radical (unpaired) electrons. The molecule has 0 fully saturated rings. The lowest BCUT2D eigenvalue weighted by Gasteiger charge is -2.21. The van der Waals surface area contributed by atoms with E-state index < -0.39 is 9.84 Å². The van der Waals surface area contributed by atoms with Crippen molar-refractivity contribution in [3.05, 3.63) is 57.8 Å². The number of carbonyl (C=O) groups excluding carboxylic acids is 1. The number of thiophene rings is 1. The normalized spacial score (nSPS) is 13.0. The molecule has 4 nitrogen and oxygen atoms in total. The van der Waals surface area contributed by atoms with Crippen LogP contribution in [0.15, 0.2) is 41.8 Å². The lowest BCUT2D eigenvalue weighted by molar-refractivity contribution is 0.0926. The van der Waals surface area contributed by atoms with Crippen molar-refractivity contribution in [2.45, 2.75) is 25.6 Å². The number of hydrogen-bond acceptors (Lipinski definition) is 4. The van der Waals surface area contributed by atoms with Gasteiger partial charge in [-0.3, -0.25) is 4.79 Å². The maximum atomic E-state index is 12.4. The summed E-state index contributed by atoms with van der Waals surface area (Å²) in [4.78, 5) is 13.6. The van der Waals surface area contributed by atoms with Gasteiger partial charge >= 0.3 is 0 Å². The molecular weight excluding hydrogens is 330 g/mol. The third-order valence-electron chi connectivity index (χ3n) is 3.45. The SMILES string of the molecule is CC(C)[C@@H](NC(=O)c1ccc(CS(C)(=O)=O)cc1)c1cccs1. The average molecular weight is 351 g/mol. The molecule has 6 heteroatoms. The molecule has 1 N–H and O–H groups in total. The molecule has 0 aliphatic rings. The highest BCUT2D eigenvalue weighted by Gasteiger charge is 2.20. The molecule has 2 aromatic rings. The smallest absolute Gasteiger partial charge is 0.251 e. The van der Waals surface area contributed by atoms with Gasteiger partial charge in [0.25, 0.3) is 5.91 Å². The van der Waals surface area contributed by atoms with Crippen LogP contribution in [-0.2, 0) is 15.6 Å². The van der Waals surface area contributed by atoms with Crippen LogP contribution in [-0.4, -0.2) is 20.6 Å². The Morgan fingerprint density at radius 2 is 1.83 bits per heavy atom. The molecule has 0 spiro atoms. The Labute approximate surface area is 141 Å². The topological polar surface area (TPSA) is 63.2 Å². The first-order valence-corrected chi connectivity index (χ1v) is 10.3. The minimum Gasteiger partial charge on any atom is -0.344 e. The molecule has 0 bridgehead atoms. The highest BCUT2D eigenvalue weighted by atomic mass is 32.2. The van der Waals surface area contributed by atoms with Crippen LogP contribution in [0.25, 0.3) is 0 Å². The highest BCUT2D eigenvalue weighted by molar-refractivity contribution is 7.89. The summed E-state index contributed by atoms with van der Waals surface area (Å²) in [5, 5.41) is 5.05. The largest absolute Gasteiger partial charge is 0.344 e. The first kappa shape index (κ1) is 17.7. The monoisotopic (exact) mass is 351 g/mol. The molecule has 0 saturated carbocycles. The Morgan fingerprint density at radius 1 is 1.17 bits per heavy atom. The first-order chi connectivity index (χ1) is 10.8. The fourth-order valence-corrected chi connectivity index (χ4v) is 4.06. The summed E-state index contributed by atoms with van der Waals surface area (Å²) in [6, 6.07) is 10.7. The molecular formula is C17H21NO3S2. The second-order valence-corrected chi connectivity index (χ2v) is 9.10. The van der Waals surface area contributed by atoms with Gasteiger partial charge in [0.2, 0.25) is 0 Å². The van der Waals surface area contributed by atoms with Gasteiger partial charge in [0.15, 0.2) is 9.84 Å². The van der Waals surface area contributed by atoms with Crippen LogP contribution < -0.4 is 5.32 Å². The summed E-state index contributed by atoms with van der Waals surface area (Å²) in [6.07, 6.45) is 1.20. The maximum absolute atomic E-state index is 12.4. The summed E-state index contributed by atoms with van der Waals surface area (Å²) < 4.78 is 22.6. The number of nitrogens with one attached hydrogen (secondary N) is 1. The lowest BCUT2D eigenvalue weighted by atomic mass is 10.0. The molecule has 0 unspecified atom stereocenters. The Kier molecular flexibility index (Phi) is 5.59. The van der Waals surface area contributed by atoms with E-state index in [1.165, 1.54) is 6.26 Å². The van der Waals surface area contributed by atoms with Crippen LogP contribution in [0, 0.1) is 5.92 Å². The van der Waals surface area contributed by atoms with Crippen molar-refractivity contribution in [3.63, 3.8) is 0 Å². The number of carbonyl (C=O) groups is 1. The summed E-state index contributed by atoms with van der Waals surface area (Å²) in [7, 11) is -3.07. The lowest BCUT2D eigenvalue weighted by Crippen LogP contribution is -2.31. The molecule has 1 heterocycles. The predicted molar refractivity (Wildman–Crippen MR) is 94.4 cm³/mol. The van der Waals surface area contributed by atoms with Gasteiger partial charge in [-0.15, -0.1) is 11.3 Å². The number of amides is 1. The first-order valence-electron chi connectivity index (χ1n) is 7.37. The van der Waals surface area contributed by atoms with Crippen molar-refractivity contribution in [2.75, 3.05) is 6.26 Å². The Bertz CT molecular complexity index is 748. The Balaban J connectivity index is 2.11. The summed E-state index contributed by atoms with van der Waals surface area (Å²) in [5.41, 5.74) is 1.21. The molecule has 1 amide bonds. The zero-order valence-corrected chi connectivity index (χ0v) is 15.1. The maximum Gasteiger partial charge on any atom is 0.251 e. The predicted octanol–water partition coefficient (Wildman–Crippen LogP) is 3.42. The van der Waals surface area contributed by atoms with Gasteiger partial charge in [0, 0.05) is 16.7 Å². The van der Waals surface area contributed by atoms with Crippen LogP contribution >= 0.6 is 11.3 Å². The van der Waals surface area contributed by atoms with Crippen LogP contribution in [0.1, 0.15) is 40.7 Å². The highest BCUT2D eigenvalue weighted by Crippen LogP contribution is 2.26. The average Bonchev–Trinajstić information content (AvgIpc) is 2.97. The van der Waals surface area contributed by atoms with Crippen molar-refractivity contribution in [2.24, 2.45) is 5.92 Å². The second kappa shape index (κ2) is 7.27. The molecule has 0 saturated heterocycles. The zero-order chi connectivity index (χ0) is 17.0. The fourth-order valence-electron chi connectivity index (χ4n) is 2.31. The van der Waals surface area contributed by atoms with E-state index in [4.69, 9.17) is 0 Å². The fraction of sp³-hybridized carbons (Fsp3) is 0.353. The van der Waals surface area contributed by atoms with E-state index in [0.717, 1.165) is 4.88 Å². The third-order valence-corrected chi connectivity index (χ3v) is 5.26. The van der Waals surface area contributed by atoms with Gasteiger partial charge < -0.3 is 5.32 Å². The standard InChI is InChI=1S/C17H21NO3S2/c1-12(2)16(15-5-4-10-22-15)18-17(19)14-8-6-13(7-9-14)11-23(3,20)21/h4-10,12,16H,11H2,1-3H3,(H,18,19)/t16-/m1/s1. The summed E-state index contributed by atoms with van der Waals surface area (Å²) in [6.45, 7) is 4.14. The Hall–Kier alpha value is -1.66. The van der Waals surface area contributed by atoms with Gasteiger partial charge in [-0.1, -0.05) is 32.0 Å². The number of hydrogen-bond donors (Lipinski definition) is 1. The van der Waals surface area contributed by atoms with Crippen LogP contribution in [0.5, 0.6) is 0 Å². The van der Waals surface area contributed by atoms with Crippen molar-refractivity contribution >= 4 is 27.1 Å². The van der Waals surface area contributed by atoms with Gasteiger partial charge in [0.1, 0.15) is 0 Å². The number of rotatable bonds is 6. The minimum absolute atomic E-state index is 0.0152. The van der Waals surface area contributed by atoms with E-state index in [0.29, 0.717) is 11.1 Å². The van der Waals surface area contributed by atoms with Crippen molar-refractivity contribution in [1.29, 1.82) is 0 Å². The molecule has 0 aliphatic heterocycles. The van der Waals surface area contributed by atoms with Gasteiger partial charge in [-0.2, -0.15) is 0 Å². The molecule has 23 heavy (non-hydrogen) atoms. The molecule has 0 aliphatic carbocycles. The second-order valence-electron chi connectivity index (χ2n) is 5.98. The zero-order valence-electron chi connectivity index (χ0n) is 13.4. The molecule has 2 rings (SSSR count). The summed E-state index contributed by atoms with van der Waals surface area (Å²) >= 11 is 1.62. The van der Waals surface area contributed by atoms with Gasteiger partial charge in [-0.05, 0) is 35.1 Å². The van der Waals surface area contributed by atoms with E-state index in [1.54, 1.807) is 35.6 Å². The van der Waals surface area contributed by atoms with E-state index in [9.17, 15) is 13.2 Å². The van der Waals surface area contributed by atoms with Crippen LogP contribution in [0.4, 0.5) is 0 Å². The van der Waals surface area contributed by atoms with E-state index in [2.05, 4.69) is 19.2 Å². The van der Waals surface area contributed by atoms with Crippen LogP contribution in [0.3, 0.4) is 0 Å². The molecule has 1 atom stereocenters. The quantitative estimate of drug-likeness (QED) is 0.867. The molecule has 1 aromatic heterocycles. The molecule has 124 valence electrons. The third kappa shape index (κ3) is 5.18. The Morgan fingerprint density at radius 3 is 2.30 bits per heavy atom. The van der Waals surface area contributed by atoms with Gasteiger partial charge in [-0.25, -0.2) is 8.42 Å². The van der Waals surface area contributed by atoms with Crippen LogP contribution in [0.2, 0.25) is 0 Å². The van der Waals surface area contributed by atoms with E-state index in [1.807, 2.05) is 17.5 Å². The number of sulfone groups is 1. The van der Waals surface area contributed by atoms with Crippen molar-refractivity contribution in [1.82, 2.24) is 5.32 Å².